The highest BCUT2D eigenvalue weighted by atomic mass is 16.5. The molecule has 4 aliphatic carbocycles. The van der Waals surface area contributed by atoms with E-state index in [1.807, 2.05) is 43.3 Å². The lowest BCUT2D eigenvalue weighted by atomic mass is 9.49. The molecule has 3 aromatic rings. The average molecular weight is 444 g/mol. The van der Waals surface area contributed by atoms with E-state index in [9.17, 15) is 9.59 Å². The maximum absolute atomic E-state index is 13.2. The van der Waals surface area contributed by atoms with Crippen molar-refractivity contribution in [3.8, 4) is 5.75 Å². The van der Waals surface area contributed by atoms with Crippen molar-refractivity contribution in [1.82, 2.24) is 9.38 Å². The van der Waals surface area contributed by atoms with Crippen LogP contribution in [0, 0.1) is 30.1 Å². The SMILES string of the molecule is Cc1ccn2c(=O)cc(COc3ccc(NC(=O)C45CC6CC(CC(C6)C4)C5)cc3)nc2c1. The van der Waals surface area contributed by atoms with Crippen LogP contribution in [-0.2, 0) is 11.4 Å². The molecule has 0 spiro atoms. The molecule has 0 atom stereocenters. The minimum Gasteiger partial charge on any atom is -0.487 e. The molecule has 1 amide bonds. The summed E-state index contributed by atoms with van der Waals surface area (Å²) in [5.41, 5.74) is 2.78. The third-order valence-corrected chi connectivity index (χ3v) is 7.89. The van der Waals surface area contributed by atoms with Crippen LogP contribution in [0.2, 0.25) is 0 Å². The number of amides is 1. The molecule has 1 N–H and O–H groups in total. The Morgan fingerprint density at radius 2 is 1.73 bits per heavy atom. The summed E-state index contributed by atoms with van der Waals surface area (Å²) in [6.07, 6.45) is 8.91. The predicted molar refractivity (Wildman–Crippen MR) is 126 cm³/mol. The molecule has 1 aromatic carbocycles. The molecule has 4 aliphatic rings. The Hall–Kier alpha value is -3.15. The number of anilines is 1. The number of fused-ring (bicyclic) bond motifs is 1. The third-order valence-electron chi connectivity index (χ3n) is 7.89. The Kier molecular flexibility index (Phi) is 4.78. The largest absolute Gasteiger partial charge is 0.487 e. The molecular formula is C27H29N3O3. The zero-order valence-electron chi connectivity index (χ0n) is 18.9. The van der Waals surface area contributed by atoms with Crippen LogP contribution in [0.5, 0.6) is 5.75 Å². The van der Waals surface area contributed by atoms with E-state index in [0.717, 1.165) is 48.3 Å². The van der Waals surface area contributed by atoms with Gasteiger partial charge >= 0.3 is 0 Å². The zero-order valence-corrected chi connectivity index (χ0v) is 18.9. The van der Waals surface area contributed by atoms with Gasteiger partial charge in [0.25, 0.3) is 5.56 Å². The number of hydrogen-bond acceptors (Lipinski definition) is 4. The molecule has 0 unspecified atom stereocenters. The van der Waals surface area contributed by atoms with E-state index in [0.29, 0.717) is 17.1 Å². The minimum absolute atomic E-state index is 0.124. The molecule has 6 heteroatoms. The van der Waals surface area contributed by atoms with Gasteiger partial charge in [-0.25, -0.2) is 4.98 Å². The highest BCUT2D eigenvalue weighted by Crippen LogP contribution is 2.60. The van der Waals surface area contributed by atoms with Gasteiger partial charge in [-0.05, 0) is 105 Å². The monoisotopic (exact) mass is 443 g/mol. The number of ether oxygens (including phenoxy) is 1. The summed E-state index contributed by atoms with van der Waals surface area (Å²) in [6, 6.07) is 12.8. The van der Waals surface area contributed by atoms with Gasteiger partial charge in [0.2, 0.25) is 5.91 Å². The summed E-state index contributed by atoms with van der Waals surface area (Å²) in [6.45, 7) is 2.18. The Balaban J connectivity index is 1.11. The topological polar surface area (TPSA) is 72.7 Å². The van der Waals surface area contributed by atoms with Crippen molar-refractivity contribution in [1.29, 1.82) is 0 Å². The van der Waals surface area contributed by atoms with Crippen molar-refractivity contribution in [3.05, 3.63) is 70.3 Å². The van der Waals surface area contributed by atoms with Gasteiger partial charge in [-0.3, -0.25) is 14.0 Å². The van der Waals surface area contributed by atoms with Crippen LogP contribution in [0.15, 0.2) is 53.5 Å². The highest BCUT2D eigenvalue weighted by molar-refractivity contribution is 5.95. The smallest absolute Gasteiger partial charge is 0.258 e. The number of aryl methyl sites for hydroxylation is 1. The van der Waals surface area contributed by atoms with Crippen molar-refractivity contribution in [2.75, 3.05) is 5.32 Å². The van der Waals surface area contributed by atoms with Crippen molar-refractivity contribution in [2.24, 2.45) is 23.2 Å². The molecule has 6 nitrogen and oxygen atoms in total. The Bertz CT molecular complexity index is 1240. The van der Waals surface area contributed by atoms with Gasteiger partial charge in [-0.2, -0.15) is 0 Å². The van der Waals surface area contributed by atoms with Crippen LogP contribution in [0.25, 0.3) is 5.65 Å². The Morgan fingerprint density at radius 3 is 2.39 bits per heavy atom. The molecule has 170 valence electrons. The lowest BCUT2D eigenvalue weighted by Gasteiger charge is -2.55. The van der Waals surface area contributed by atoms with Crippen LogP contribution in [0.3, 0.4) is 0 Å². The molecule has 4 saturated carbocycles. The van der Waals surface area contributed by atoms with E-state index in [-0.39, 0.29) is 23.5 Å². The van der Waals surface area contributed by atoms with Crippen LogP contribution in [-0.4, -0.2) is 15.3 Å². The number of hydrogen-bond donors (Lipinski definition) is 1. The maximum Gasteiger partial charge on any atom is 0.258 e. The fourth-order valence-electron chi connectivity index (χ4n) is 6.77. The average Bonchev–Trinajstić information content (AvgIpc) is 2.77. The van der Waals surface area contributed by atoms with Crippen LogP contribution < -0.4 is 15.6 Å². The first-order valence-corrected chi connectivity index (χ1v) is 12.0. The normalized spacial score (nSPS) is 27.6. The highest BCUT2D eigenvalue weighted by Gasteiger charge is 2.54. The lowest BCUT2D eigenvalue weighted by molar-refractivity contribution is -0.140. The predicted octanol–water partition coefficient (Wildman–Crippen LogP) is 4.74. The Labute approximate surface area is 193 Å². The van der Waals surface area contributed by atoms with Gasteiger partial charge in [-0.15, -0.1) is 0 Å². The molecule has 7 rings (SSSR count). The number of aromatic nitrogens is 2. The molecule has 2 heterocycles. The first-order chi connectivity index (χ1) is 16.0. The fourth-order valence-corrected chi connectivity index (χ4v) is 6.77. The van der Waals surface area contributed by atoms with Gasteiger partial charge < -0.3 is 10.1 Å². The summed E-state index contributed by atoms with van der Waals surface area (Å²) in [5, 5.41) is 3.18. The minimum atomic E-state index is -0.155. The van der Waals surface area contributed by atoms with E-state index in [1.54, 1.807) is 6.20 Å². The summed E-state index contributed by atoms with van der Waals surface area (Å²) in [4.78, 5) is 30.1. The standard InChI is InChI=1S/C27H29N3O3/c1-17-6-7-30-24(8-17)28-22(12-25(30)31)16-33-23-4-2-21(3-5-23)29-26(32)27-13-18-9-19(14-27)11-20(10-18)15-27/h2-8,12,18-20H,9-11,13-16H2,1H3,(H,29,32). The maximum atomic E-state index is 13.2. The molecule has 0 saturated heterocycles. The van der Waals surface area contributed by atoms with Gasteiger partial charge in [0, 0.05) is 18.0 Å². The van der Waals surface area contributed by atoms with Gasteiger partial charge in [-0.1, -0.05) is 0 Å². The van der Waals surface area contributed by atoms with Crippen LogP contribution >= 0.6 is 0 Å². The lowest BCUT2D eigenvalue weighted by Crippen LogP contribution is -2.51. The number of rotatable bonds is 5. The number of carbonyl (C=O) groups excluding carboxylic acids is 1. The number of benzene rings is 1. The number of carbonyl (C=O) groups is 1. The van der Waals surface area contributed by atoms with Crippen molar-refractivity contribution in [2.45, 2.75) is 52.1 Å². The summed E-state index contributed by atoms with van der Waals surface area (Å²) in [7, 11) is 0. The third kappa shape index (κ3) is 3.81. The first-order valence-electron chi connectivity index (χ1n) is 12.0. The second kappa shape index (κ2) is 7.72. The van der Waals surface area contributed by atoms with Gasteiger partial charge in [0.1, 0.15) is 18.0 Å². The summed E-state index contributed by atoms with van der Waals surface area (Å²) < 4.78 is 7.39. The second-order valence-electron chi connectivity index (χ2n) is 10.5. The van der Waals surface area contributed by atoms with Crippen LogP contribution in [0.1, 0.15) is 49.8 Å². The van der Waals surface area contributed by atoms with E-state index in [2.05, 4.69) is 10.3 Å². The van der Waals surface area contributed by atoms with E-state index in [1.165, 1.54) is 29.7 Å². The van der Waals surface area contributed by atoms with Crippen molar-refractivity contribution >= 4 is 17.2 Å². The van der Waals surface area contributed by atoms with Crippen molar-refractivity contribution < 1.29 is 9.53 Å². The summed E-state index contributed by atoms with van der Waals surface area (Å²) >= 11 is 0. The molecule has 2 aromatic heterocycles. The second-order valence-corrected chi connectivity index (χ2v) is 10.5. The van der Waals surface area contributed by atoms with E-state index >= 15 is 0 Å². The molecule has 33 heavy (non-hydrogen) atoms. The molecule has 4 bridgehead atoms. The molecule has 0 radical (unpaired) electrons. The molecule has 4 fully saturated rings. The Morgan fingerprint density at radius 1 is 1.06 bits per heavy atom. The van der Waals surface area contributed by atoms with E-state index in [4.69, 9.17) is 4.74 Å². The fraction of sp³-hybridized carbons (Fsp3) is 0.444. The number of pyridine rings is 1. The van der Waals surface area contributed by atoms with Gasteiger partial charge in [0.05, 0.1) is 11.1 Å². The first kappa shape index (κ1) is 20.5. The zero-order chi connectivity index (χ0) is 22.6. The van der Waals surface area contributed by atoms with Crippen LogP contribution in [0.4, 0.5) is 5.69 Å². The van der Waals surface area contributed by atoms with E-state index < -0.39 is 0 Å². The quantitative estimate of drug-likeness (QED) is 0.618. The van der Waals surface area contributed by atoms with Crippen molar-refractivity contribution in [3.63, 3.8) is 0 Å². The van der Waals surface area contributed by atoms with Gasteiger partial charge in [0.15, 0.2) is 0 Å². The summed E-state index contributed by atoms with van der Waals surface area (Å²) in [5.74, 6) is 3.12. The molecule has 0 aliphatic heterocycles. The molecular weight excluding hydrogens is 414 g/mol. The number of nitrogens with zero attached hydrogens (tertiary/aromatic N) is 2. The number of nitrogens with one attached hydrogen (secondary N) is 1.